The van der Waals surface area contributed by atoms with Gasteiger partial charge in [0.2, 0.25) is 0 Å². The van der Waals surface area contributed by atoms with Crippen LogP contribution in [-0.2, 0) is 6.54 Å². The molecule has 5 heteroatoms. The molecule has 0 aliphatic heterocycles. The molecule has 2 aromatic carbocycles. The first-order chi connectivity index (χ1) is 12.6. The Balaban J connectivity index is 1.66. The summed E-state index contributed by atoms with van der Waals surface area (Å²) in [6, 6.07) is 16.6. The molecule has 5 nitrogen and oxygen atoms in total. The van der Waals surface area contributed by atoms with E-state index in [9.17, 15) is 0 Å². The van der Waals surface area contributed by atoms with Gasteiger partial charge >= 0.3 is 0 Å². The number of rotatable bonds is 7. The van der Waals surface area contributed by atoms with Gasteiger partial charge in [-0.1, -0.05) is 35.0 Å². The third-order valence-electron chi connectivity index (χ3n) is 4.47. The van der Waals surface area contributed by atoms with Gasteiger partial charge in [-0.25, -0.2) is 4.68 Å². The summed E-state index contributed by atoms with van der Waals surface area (Å²) < 4.78 is 7.37. The third-order valence-corrected chi connectivity index (χ3v) is 4.47. The second kappa shape index (κ2) is 8.15. The van der Waals surface area contributed by atoms with Gasteiger partial charge in [-0.15, -0.1) is 5.10 Å². The Morgan fingerprint density at radius 1 is 1.04 bits per heavy atom. The van der Waals surface area contributed by atoms with Gasteiger partial charge in [-0.2, -0.15) is 0 Å². The van der Waals surface area contributed by atoms with Crippen LogP contribution in [0.2, 0.25) is 0 Å². The molecule has 0 saturated heterocycles. The summed E-state index contributed by atoms with van der Waals surface area (Å²) in [5.41, 5.74) is 5.50. The maximum absolute atomic E-state index is 5.48. The van der Waals surface area contributed by atoms with Crippen molar-refractivity contribution in [2.75, 3.05) is 6.61 Å². The Bertz CT molecular complexity index is 837. The Labute approximate surface area is 155 Å². The second-order valence-corrected chi connectivity index (χ2v) is 6.49. The maximum Gasteiger partial charge on any atom is 0.119 e. The van der Waals surface area contributed by atoms with E-state index in [0.29, 0.717) is 6.61 Å². The number of nitrogens with one attached hydrogen (secondary N) is 1. The predicted octanol–water partition coefficient (Wildman–Crippen LogP) is 4.13. The molecule has 0 amide bonds. The number of aryl methyl sites for hydroxylation is 1. The quantitative estimate of drug-likeness (QED) is 0.696. The van der Waals surface area contributed by atoms with E-state index in [-0.39, 0.29) is 6.04 Å². The van der Waals surface area contributed by atoms with Crippen LogP contribution in [0.4, 0.5) is 0 Å². The lowest BCUT2D eigenvalue weighted by Crippen LogP contribution is -2.19. The molecule has 26 heavy (non-hydrogen) atoms. The summed E-state index contributed by atoms with van der Waals surface area (Å²) in [5, 5.41) is 12.3. The summed E-state index contributed by atoms with van der Waals surface area (Å²) in [4.78, 5) is 0. The highest BCUT2D eigenvalue weighted by molar-refractivity contribution is 5.35. The Morgan fingerprint density at radius 3 is 2.38 bits per heavy atom. The van der Waals surface area contributed by atoms with E-state index in [1.165, 1.54) is 11.1 Å². The summed E-state index contributed by atoms with van der Waals surface area (Å²) >= 11 is 0. The maximum atomic E-state index is 5.48. The number of hydrogen-bond acceptors (Lipinski definition) is 4. The first-order valence-electron chi connectivity index (χ1n) is 9.03. The predicted molar refractivity (Wildman–Crippen MR) is 104 cm³/mol. The zero-order valence-corrected chi connectivity index (χ0v) is 15.9. The third kappa shape index (κ3) is 4.11. The van der Waals surface area contributed by atoms with Crippen molar-refractivity contribution in [3.63, 3.8) is 0 Å². The summed E-state index contributed by atoms with van der Waals surface area (Å²) in [6.07, 6.45) is 0. The van der Waals surface area contributed by atoms with E-state index in [1.807, 2.05) is 23.7 Å². The summed E-state index contributed by atoms with van der Waals surface area (Å²) in [7, 11) is 0. The minimum atomic E-state index is 0.112. The minimum Gasteiger partial charge on any atom is -0.494 e. The zero-order valence-electron chi connectivity index (χ0n) is 15.9. The first kappa shape index (κ1) is 18.1. The second-order valence-electron chi connectivity index (χ2n) is 6.49. The monoisotopic (exact) mass is 350 g/mol. The van der Waals surface area contributed by atoms with Crippen LogP contribution in [0.3, 0.4) is 0 Å². The highest BCUT2D eigenvalue weighted by atomic mass is 16.5. The molecule has 0 bridgehead atoms. The number of aromatic nitrogens is 3. The largest absolute Gasteiger partial charge is 0.494 e. The van der Waals surface area contributed by atoms with E-state index < -0.39 is 0 Å². The number of nitrogens with zero attached hydrogens (tertiary/aromatic N) is 3. The standard InChI is InChI=1S/C21H26N4O/c1-5-26-20-12-8-18(9-13-20)14-22-16(3)21-17(4)25(24-23-21)19-10-6-15(2)7-11-19/h6-13,16,22H,5,14H2,1-4H3. The number of benzene rings is 2. The van der Waals surface area contributed by atoms with Gasteiger partial charge in [0.1, 0.15) is 11.4 Å². The molecular formula is C21H26N4O. The van der Waals surface area contributed by atoms with Gasteiger partial charge < -0.3 is 10.1 Å². The van der Waals surface area contributed by atoms with Crippen molar-refractivity contribution < 1.29 is 4.74 Å². The lowest BCUT2D eigenvalue weighted by Gasteiger charge is -2.13. The fourth-order valence-electron chi connectivity index (χ4n) is 2.91. The molecule has 1 unspecified atom stereocenters. The van der Waals surface area contributed by atoms with Crippen molar-refractivity contribution in [2.45, 2.75) is 40.3 Å². The van der Waals surface area contributed by atoms with E-state index >= 15 is 0 Å². The Morgan fingerprint density at radius 2 is 1.73 bits per heavy atom. The van der Waals surface area contributed by atoms with Crippen LogP contribution < -0.4 is 10.1 Å². The fourth-order valence-corrected chi connectivity index (χ4v) is 2.91. The van der Waals surface area contributed by atoms with Crippen LogP contribution in [0.1, 0.15) is 42.4 Å². The first-order valence-corrected chi connectivity index (χ1v) is 9.03. The van der Waals surface area contributed by atoms with Gasteiger partial charge in [0.05, 0.1) is 24.0 Å². The minimum absolute atomic E-state index is 0.112. The van der Waals surface area contributed by atoms with Crippen LogP contribution in [0.5, 0.6) is 5.75 Å². The topological polar surface area (TPSA) is 52.0 Å². The molecule has 0 aliphatic carbocycles. The van der Waals surface area contributed by atoms with Crippen molar-refractivity contribution in [2.24, 2.45) is 0 Å². The average molecular weight is 350 g/mol. The van der Waals surface area contributed by atoms with Crippen LogP contribution in [0.25, 0.3) is 5.69 Å². The summed E-state index contributed by atoms with van der Waals surface area (Å²) in [6.45, 7) is 9.70. The lowest BCUT2D eigenvalue weighted by atomic mass is 10.1. The molecular weight excluding hydrogens is 324 g/mol. The van der Waals surface area contributed by atoms with Crippen molar-refractivity contribution in [3.8, 4) is 11.4 Å². The van der Waals surface area contributed by atoms with Crippen molar-refractivity contribution in [3.05, 3.63) is 71.0 Å². The van der Waals surface area contributed by atoms with Crippen molar-refractivity contribution >= 4 is 0 Å². The Kier molecular flexibility index (Phi) is 5.68. The van der Waals surface area contributed by atoms with Crippen LogP contribution >= 0.6 is 0 Å². The molecule has 0 radical (unpaired) electrons. The molecule has 0 spiro atoms. The summed E-state index contributed by atoms with van der Waals surface area (Å²) in [5.74, 6) is 0.904. The average Bonchev–Trinajstić information content (AvgIpc) is 3.03. The van der Waals surface area contributed by atoms with Crippen molar-refractivity contribution in [1.29, 1.82) is 0 Å². The number of hydrogen-bond donors (Lipinski definition) is 1. The molecule has 0 fully saturated rings. The van der Waals surface area contributed by atoms with Crippen LogP contribution in [0.15, 0.2) is 48.5 Å². The molecule has 0 aliphatic rings. The van der Waals surface area contributed by atoms with Gasteiger partial charge in [0.15, 0.2) is 0 Å². The highest BCUT2D eigenvalue weighted by Crippen LogP contribution is 2.19. The Hall–Kier alpha value is -2.66. The number of ether oxygens (including phenoxy) is 1. The molecule has 1 aromatic heterocycles. The van der Waals surface area contributed by atoms with Crippen LogP contribution in [0, 0.1) is 13.8 Å². The normalized spacial score (nSPS) is 12.2. The molecule has 1 atom stereocenters. The molecule has 1 N–H and O–H groups in total. The molecule has 3 rings (SSSR count). The van der Waals surface area contributed by atoms with Crippen LogP contribution in [-0.4, -0.2) is 21.6 Å². The van der Waals surface area contributed by atoms with Gasteiger partial charge in [-0.05, 0) is 57.5 Å². The molecule has 136 valence electrons. The van der Waals surface area contributed by atoms with E-state index in [2.05, 4.69) is 72.8 Å². The lowest BCUT2D eigenvalue weighted by molar-refractivity contribution is 0.340. The fraction of sp³-hybridized carbons (Fsp3) is 0.333. The van der Waals surface area contributed by atoms with E-state index in [0.717, 1.165) is 29.4 Å². The molecule has 3 aromatic rings. The highest BCUT2D eigenvalue weighted by Gasteiger charge is 2.16. The molecule has 0 saturated carbocycles. The van der Waals surface area contributed by atoms with E-state index in [4.69, 9.17) is 4.74 Å². The van der Waals surface area contributed by atoms with Gasteiger partial charge in [0, 0.05) is 6.54 Å². The van der Waals surface area contributed by atoms with E-state index in [1.54, 1.807) is 0 Å². The van der Waals surface area contributed by atoms with Gasteiger partial charge in [0.25, 0.3) is 0 Å². The molecule has 1 heterocycles. The van der Waals surface area contributed by atoms with Gasteiger partial charge in [-0.3, -0.25) is 0 Å². The SMILES string of the molecule is CCOc1ccc(CNC(C)c2nnn(-c3ccc(C)cc3)c2C)cc1. The zero-order chi connectivity index (χ0) is 18.5. The smallest absolute Gasteiger partial charge is 0.119 e. The van der Waals surface area contributed by atoms with Crippen molar-refractivity contribution in [1.82, 2.24) is 20.3 Å².